The molecule has 7 nitrogen and oxygen atoms in total. The van der Waals surface area contributed by atoms with Crippen LogP contribution in [-0.2, 0) is 4.79 Å². The summed E-state index contributed by atoms with van der Waals surface area (Å²) in [5.41, 5.74) is 7.07. The Morgan fingerprint density at radius 2 is 2.21 bits per heavy atom. The molecule has 0 saturated carbocycles. The molecule has 0 heterocycles. The van der Waals surface area contributed by atoms with Crippen LogP contribution in [0.4, 0.5) is 0 Å². The number of nitrogens with zero attached hydrogens (tertiary/aromatic N) is 1. The third-order valence-corrected chi connectivity index (χ3v) is 1.22. The average Bonchev–Trinajstić information content (AvgIpc) is 2.14. The minimum absolute atomic E-state index is 0.00522. The van der Waals surface area contributed by atoms with E-state index < -0.39 is 11.7 Å². The maximum absolute atomic E-state index is 11.1. The molecule has 0 atom stereocenters. The lowest BCUT2D eigenvalue weighted by atomic mass is 10.5. The van der Waals surface area contributed by atoms with E-state index in [1.165, 1.54) is 6.08 Å². The molecule has 0 radical (unpaired) electrons. The van der Waals surface area contributed by atoms with Gasteiger partial charge in [-0.15, -0.1) is 12.6 Å². The van der Waals surface area contributed by atoms with E-state index in [9.17, 15) is 4.79 Å². The molecule has 7 N–H and O–H groups in total. The molecule has 0 rings (SSSR count). The van der Waals surface area contributed by atoms with E-state index in [0.29, 0.717) is 0 Å². The largest absolute Gasteiger partial charge is 0.378 e. The molecular weight excluding hydrogens is 204 g/mol. The van der Waals surface area contributed by atoms with Crippen LogP contribution in [0.15, 0.2) is 16.9 Å². The van der Waals surface area contributed by atoms with Gasteiger partial charge in [-0.05, 0) is 13.0 Å². The molecule has 0 aliphatic carbocycles. The molecule has 0 spiro atoms. The maximum Gasteiger partial charge on any atom is 0.292 e. The molecule has 0 aliphatic rings. The summed E-state index contributed by atoms with van der Waals surface area (Å²) in [6.07, 6.45) is 1.50. The quantitative estimate of drug-likeness (QED) is 0.112. The smallest absolute Gasteiger partial charge is 0.292 e. The van der Waals surface area contributed by atoms with Gasteiger partial charge in [0.05, 0.1) is 0 Å². The number of hydrogen-bond donors (Lipinski definition) is 6. The van der Waals surface area contributed by atoms with E-state index in [4.69, 9.17) is 17.0 Å². The van der Waals surface area contributed by atoms with Crippen LogP contribution in [0.2, 0.25) is 0 Å². The second-order valence-electron chi connectivity index (χ2n) is 2.12. The Kier molecular flexibility index (Phi) is 5.34. The highest BCUT2D eigenvalue weighted by Gasteiger charge is 2.08. The predicted octanol–water partition coefficient (Wildman–Crippen LogP) is -1.35. The molecule has 0 aromatic rings. The molecule has 0 saturated heterocycles. The van der Waals surface area contributed by atoms with Crippen LogP contribution in [-0.4, -0.2) is 16.9 Å². The van der Waals surface area contributed by atoms with E-state index >= 15 is 0 Å². The van der Waals surface area contributed by atoms with Crippen LogP contribution in [0, 0.1) is 5.41 Å². The van der Waals surface area contributed by atoms with E-state index in [0.717, 1.165) is 0 Å². The highest BCUT2D eigenvalue weighted by Crippen LogP contribution is 1.92. The first-order valence-electron chi connectivity index (χ1n) is 3.57. The summed E-state index contributed by atoms with van der Waals surface area (Å²) in [6.45, 7) is 1.65. The zero-order valence-corrected chi connectivity index (χ0v) is 8.43. The molecule has 78 valence electrons. The number of thiol groups is 1. The van der Waals surface area contributed by atoms with Crippen LogP contribution in [0.3, 0.4) is 0 Å². The molecule has 1 amide bonds. The van der Waals surface area contributed by atoms with Gasteiger partial charge in [-0.3, -0.25) is 10.2 Å². The van der Waals surface area contributed by atoms with Gasteiger partial charge in [-0.1, -0.05) is 0 Å². The summed E-state index contributed by atoms with van der Waals surface area (Å²) < 4.78 is 0. The van der Waals surface area contributed by atoms with Crippen molar-refractivity contribution in [1.82, 2.24) is 10.7 Å². The van der Waals surface area contributed by atoms with Crippen LogP contribution < -0.4 is 22.3 Å². The number of aliphatic imine (C=N–C) groups is 1. The fourth-order valence-corrected chi connectivity index (χ4v) is 0.640. The number of nitrogens with one attached hydrogen (secondary N) is 3. The van der Waals surface area contributed by atoms with Gasteiger partial charge in [0.2, 0.25) is 0 Å². The Morgan fingerprint density at radius 1 is 1.64 bits per heavy atom. The minimum Gasteiger partial charge on any atom is -0.378 e. The van der Waals surface area contributed by atoms with Crippen molar-refractivity contribution >= 4 is 29.5 Å². The first-order valence-corrected chi connectivity index (χ1v) is 4.02. The zero-order chi connectivity index (χ0) is 11.1. The molecule has 0 fully saturated rings. The van der Waals surface area contributed by atoms with Crippen molar-refractivity contribution in [3.8, 4) is 0 Å². The predicted molar refractivity (Wildman–Crippen MR) is 57.6 cm³/mol. The van der Waals surface area contributed by atoms with Crippen LogP contribution >= 0.6 is 12.6 Å². The van der Waals surface area contributed by atoms with E-state index in [2.05, 4.69) is 22.9 Å². The second kappa shape index (κ2) is 6.00. The van der Waals surface area contributed by atoms with Crippen molar-refractivity contribution in [3.63, 3.8) is 0 Å². The Bertz CT molecular complexity index is 293. The van der Waals surface area contributed by atoms with Gasteiger partial charge in [0.1, 0.15) is 5.82 Å². The summed E-state index contributed by atoms with van der Waals surface area (Å²) >= 11 is 3.73. The maximum atomic E-state index is 11.1. The number of hydrazine groups is 1. The summed E-state index contributed by atoms with van der Waals surface area (Å²) in [5, 5.41) is 9.31. The summed E-state index contributed by atoms with van der Waals surface area (Å²) in [6, 6.07) is 0. The Labute approximate surface area is 86.5 Å². The monoisotopic (exact) mass is 216 g/mol. The van der Waals surface area contributed by atoms with Crippen LogP contribution in [0.5, 0.6) is 0 Å². The first kappa shape index (κ1) is 12.5. The number of amidine groups is 2. The molecule has 0 bridgehead atoms. The summed E-state index contributed by atoms with van der Waals surface area (Å²) in [5.74, 6) is 3.87. The van der Waals surface area contributed by atoms with E-state index in [-0.39, 0.29) is 11.0 Å². The average molecular weight is 216 g/mol. The SMILES string of the molecule is C/C=C(\N=C(/N)S)NC(=O)C(=N)NN. The highest BCUT2D eigenvalue weighted by atomic mass is 32.1. The summed E-state index contributed by atoms with van der Waals surface area (Å²) in [4.78, 5) is 14.7. The minimum atomic E-state index is -0.709. The van der Waals surface area contributed by atoms with E-state index in [1.807, 2.05) is 5.43 Å². The lowest BCUT2D eigenvalue weighted by molar-refractivity contribution is -0.114. The Morgan fingerprint density at radius 3 is 2.57 bits per heavy atom. The molecular formula is C6H12N6OS. The van der Waals surface area contributed by atoms with Crippen molar-refractivity contribution in [2.24, 2.45) is 16.6 Å². The Balaban J connectivity index is 4.43. The highest BCUT2D eigenvalue weighted by molar-refractivity contribution is 7.96. The van der Waals surface area contributed by atoms with Gasteiger partial charge in [0.25, 0.3) is 5.91 Å². The fraction of sp³-hybridized carbons (Fsp3) is 0.167. The van der Waals surface area contributed by atoms with Crippen molar-refractivity contribution in [2.45, 2.75) is 6.92 Å². The number of amides is 1. The standard InChI is InChI=1S/C6H12N6OS/c1-2-3(11-6(8)14)10-5(13)4(7)12-9/h2H,9H2,1H3,(H2,7,12)(H,10,13)(H3,8,11,14)/b3-2-. The Hall–Kier alpha value is -1.54. The van der Waals surface area contributed by atoms with Gasteiger partial charge in [-0.25, -0.2) is 10.8 Å². The number of carbonyl (C=O) groups is 1. The third-order valence-electron chi connectivity index (χ3n) is 1.12. The lowest BCUT2D eigenvalue weighted by Crippen LogP contribution is -2.42. The molecule has 14 heavy (non-hydrogen) atoms. The van der Waals surface area contributed by atoms with Crippen LogP contribution in [0.25, 0.3) is 0 Å². The molecule has 8 heteroatoms. The summed E-state index contributed by atoms with van der Waals surface area (Å²) in [7, 11) is 0. The number of carbonyl (C=O) groups excluding carboxylic acids is 1. The van der Waals surface area contributed by atoms with Crippen molar-refractivity contribution in [1.29, 1.82) is 5.41 Å². The lowest BCUT2D eigenvalue weighted by Gasteiger charge is -2.05. The van der Waals surface area contributed by atoms with Gasteiger partial charge < -0.3 is 16.5 Å². The van der Waals surface area contributed by atoms with Gasteiger partial charge >= 0.3 is 0 Å². The number of rotatable bonds is 2. The van der Waals surface area contributed by atoms with Gasteiger partial charge in [0, 0.05) is 0 Å². The topological polar surface area (TPSA) is 129 Å². The molecule has 0 unspecified atom stereocenters. The molecule has 0 aliphatic heterocycles. The van der Waals surface area contributed by atoms with Crippen LogP contribution in [0.1, 0.15) is 6.92 Å². The third kappa shape index (κ3) is 4.48. The molecule has 0 aromatic carbocycles. The number of allylic oxidation sites excluding steroid dienone is 1. The second-order valence-corrected chi connectivity index (χ2v) is 2.58. The fourth-order valence-electron chi connectivity index (χ4n) is 0.532. The number of hydrogen-bond acceptors (Lipinski definition) is 4. The number of nitrogens with two attached hydrogens (primary N) is 2. The first-order chi connectivity index (χ1) is 6.51. The van der Waals surface area contributed by atoms with E-state index in [1.54, 1.807) is 6.92 Å². The molecule has 0 aromatic heterocycles. The van der Waals surface area contributed by atoms with Gasteiger partial charge in [-0.2, -0.15) is 0 Å². The van der Waals surface area contributed by atoms with Crippen molar-refractivity contribution in [3.05, 3.63) is 11.9 Å². The van der Waals surface area contributed by atoms with Gasteiger partial charge in [0.15, 0.2) is 11.0 Å². The van der Waals surface area contributed by atoms with Crippen molar-refractivity contribution < 1.29 is 4.79 Å². The zero-order valence-electron chi connectivity index (χ0n) is 7.53. The van der Waals surface area contributed by atoms with Crippen molar-refractivity contribution in [2.75, 3.05) is 0 Å². The normalized spacial score (nSPS) is 12.2.